The number of carbonyl (C=O) groups excluding carboxylic acids is 1. The third-order valence-electron chi connectivity index (χ3n) is 5.45. The molecule has 7 nitrogen and oxygen atoms in total. The van der Waals surface area contributed by atoms with Gasteiger partial charge in [-0.25, -0.2) is 9.50 Å². The molecular weight excluding hydrogens is 404 g/mol. The minimum atomic E-state index is -0.00943. The van der Waals surface area contributed by atoms with E-state index in [0.29, 0.717) is 32.6 Å². The maximum absolute atomic E-state index is 12.3. The van der Waals surface area contributed by atoms with E-state index in [1.54, 1.807) is 0 Å². The number of benzene rings is 2. The fourth-order valence-electron chi connectivity index (χ4n) is 3.82. The second kappa shape index (κ2) is 9.68. The quantitative estimate of drug-likeness (QED) is 0.404. The molecular formula is C25H28N4O3. The van der Waals surface area contributed by atoms with Gasteiger partial charge >= 0.3 is 0 Å². The standard InChI is InChI=1S/C25H28N4O3/c1-4-31-19-9-11-20(12-10-19)32-16-15-26-24(30)14-13-21-17(2)27-25-22-7-5-6-8-23(22)28-29(25)18(21)3/h5-12H,4,13-16H2,1-3H3,(H,26,30). The number of nitrogens with zero attached hydrogens (tertiary/aromatic N) is 3. The van der Waals surface area contributed by atoms with E-state index >= 15 is 0 Å². The molecule has 1 amide bonds. The molecule has 4 aromatic rings. The number of ether oxygens (including phenoxy) is 2. The smallest absolute Gasteiger partial charge is 0.220 e. The molecule has 32 heavy (non-hydrogen) atoms. The van der Waals surface area contributed by atoms with Crippen molar-refractivity contribution in [1.29, 1.82) is 0 Å². The first-order chi connectivity index (χ1) is 15.6. The van der Waals surface area contributed by atoms with Crippen LogP contribution in [0.3, 0.4) is 0 Å². The SMILES string of the molecule is CCOc1ccc(OCCNC(=O)CCc2c(C)nc3c4ccccc4nn3c2C)cc1. The normalized spacial score (nSPS) is 11.1. The van der Waals surface area contributed by atoms with Gasteiger partial charge in [-0.15, -0.1) is 0 Å². The molecule has 2 aromatic heterocycles. The van der Waals surface area contributed by atoms with Crippen LogP contribution < -0.4 is 14.8 Å². The third-order valence-corrected chi connectivity index (χ3v) is 5.45. The molecule has 0 aliphatic rings. The topological polar surface area (TPSA) is 77.8 Å². The molecule has 0 saturated heterocycles. The summed E-state index contributed by atoms with van der Waals surface area (Å²) in [7, 11) is 0. The highest BCUT2D eigenvalue weighted by molar-refractivity contribution is 5.92. The lowest BCUT2D eigenvalue weighted by Gasteiger charge is -2.12. The summed E-state index contributed by atoms with van der Waals surface area (Å²) in [5.74, 6) is 1.55. The van der Waals surface area contributed by atoms with Gasteiger partial charge in [0.15, 0.2) is 5.65 Å². The fourth-order valence-corrected chi connectivity index (χ4v) is 3.82. The maximum atomic E-state index is 12.3. The van der Waals surface area contributed by atoms with E-state index in [0.717, 1.165) is 45.0 Å². The molecule has 0 fully saturated rings. The molecule has 0 spiro atoms. The molecule has 166 valence electrons. The van der Waals surface area contributed by atoms with Gasteiger partial charge in [0, 0.05) is 23.2 Å². The van der Waals surface area contributed by atoms with Gasteiger partial charge in [0.25, 0.3) is 0 Å². The van der Waals surface area contributed by atoms with Crippen molar-refractivity contribution in [3.8, 4) is 11.5 Å². The highest BCUT2D eigenvalue weighted by atomic mass is 16.5. The number of aryl methyl sites for hydroxylation is 2. The summed E-state index contributed by atoms with van der Waals surface area (Å²) in [6, 6.07) is 15.5. The van der Waals surface area contributed by atoms with Gasteiger partial charge in [0.2, 0.25) is 5.91 Å². The van der Waals surface area contributed by atoms with Crippen LogP contribution in [0.5, 0.6) is 11.5 Å². The molecule has 2 heterocycles. The second-order valence-electron chi connectivity index (χ2n) is 7.62. The molecule has 0 unspecified atom stereocenters. The molecule has 1 N–H and O–H groups in total. The Balaban J connectivity index is 1.30. The van der Waals surface area contributed by atoms with Crippen molar-refractivity contribution >= 4 is 22.5 Å². The van der Waals surface area contributed by atoms with E-state index < -0.39 is 0 Å². The van der Waals surface area contributed by atoms with E-state index in [1.807, 2.05) is 73.8 Å². The predicted molar refractivity (Wildman–Crippen MR) is 124 cm³/mol. The number of hydrogen-bond acceptors (Lipinski definition) is 5. The summed E-state index contributed by atoms with van der Waals surface area (Å²) < 4.78 is 13.0. The predicted octanol–water partition coefficient (Wildman–Crippen LogP) is 4.03. The second-order valence-corrected chi connectivity index (χ2v) is 7.62. The van der Waals surface area contributed by atoms with Crippen molar-refractivity contribution in [2.75, 3.05) is 19.8 Å². The lowest BCUT2D eigenvalue weighted by atomic mass is 10.1. The minimum absolute atomic E-state index is 0.00943. The molecule has 0 aliphatic heterocycles. The number of nitrogens with one attached hydrogen (secondary N) is 1. The molecule has 0 radical (unpaired) electrons. The van der Waals surface area contributed by atoms with Gasteiger partial charge in [-0.3, -0.25) is 4.79 Å². The van der Waals surface area contributed by atoms with Gasteiger partial charge in [0.1, 0.15) is 18.1 Å². The first-order valence-electron chi connectivity index (χ1n) is 10.9. The molecule has 0 aliphatic carbocycles. The third kappa shape index (κ3) is 4.66. The highest BCUT2D eigenvalue weighted by Crippen LogP contribution is 2.23. The molecule has 0 saturated carbocycles. The first-order valence-corrected chi connectivity index (χ1v) is 10.9. The van der Waals surface area contributed by atoms with Crippen molar-refractivity contribution in [3.05, 3.63) is 65.5 Å². The van der Waals surface area contributed by atoms with Crippen molar-refractivity contribution in [1.82, 2.24) is 19.9 Å². The Bertz CT molecular complexity index is 1230. The molecule has 0 bridgehead atoms. The number of amides is 1. The van der Waals surface area contributed by atoms with E-state index in [2.05, 4.69) is 10.4 Å². The Labute approximate surface area is 187 Å². The van der Waals surface area contributed by atoms with Crippen LogP contribution in [0.1, 0.15) is 30.3 Å². The zero-order valence-corrected chi connectivity index (χ0v) is 18.7. The zero-order valence-electron chi connectivity index (χ0n) is 18.7. The fraction of sp³-hybridized carbons (Fsp3) is 0.320. The average Bonchev–Trinajstić information content (AvgIpc) is 3.17. The minimum Gasteiger partial charge on any atom is -0.494 e. The van der Waals surface area contributed by atoms with Crippen LogP contribution in [0, 0.1) is 13.8 Å². The van der Waals surface area contributed by atoms with Crippen LogP contribution in [0.15, 0.2) is 48.5 Å². The monoisotopic (exact) mass is 432 g/mol. The molecule has 7 heteroatoms. The van der Waals surface area contributed by atoms with E-state index in [9.17, 15) is 4.79 Å². The lowest BCUT2D eigenvalue weighted by molar-refractivity contribution is -0.121. The summed E-state index contributed by atoms with van der Waals surface area (Å²) >= 11 is 0. The van der Waals surface area contributed by atoms with Crippen LogP contribution in [-0.2, 0) is 11.2 Å². The molecule has 4 rings (SSSR count). The van der Waals surface area contributed by atoms with E-state index in [1.165, 1.54) is 0 Å². The van der Waals surface area contributed by atoms with Gasteiger partial charge in [-0.2, -0.15) is 5.10 Å². The first kappa shape index (κ1) is 21.6. The zero-order chi connectivity index (χ0) is 22.5. The van der Waals surface area contributed by atoms with Crippen LogP contribution in [0.25, 0.3) is 16.6 Å². The number of fused-ring (bicyclic) bond motifs is 3. The van der Waals surface area contributed by atoms with Crippen LogP contribution in [0.4, 0.5) is 0 Å². The van der Waals surface area contributed by atoms with Gasteiger partial charge in [0.05, 0.1) is 18.7 Å². The molecule has 2 aromatic carbocycles. The molecule has 0 atom stereocenters. The summed E-state index contributed by atoms with van der Waals surface area (Å²) in [6.07, 6.45) is 1.00. The van der Waals surface area contributed by atoms with Gasteiger partial charge in [-0.05, 0) is 69.2 Å². The van der Waals surface area contributed by atoms with Crippen LogP contribution >= 0.6 is 0 Å². The number of aromatic nitrogens is 3. The summed E-state index contributed by atoms with van der Waals surface area (Å²) in [5, 5.41) is 8.64. The summed E-state index contributed by atoms with van der Waals surface area (Å²) in [4.78, 5) is 17.1. The summed E-state index contributed by atoms with van der Waals surface area (Å²) in [6.45, 7) is 7.47. The highest BCUT2D eigenvalue weighted by Gasteiger charge is 2.14. The Hall–Kier alpha value is -3.61. The van der Waals surface area contributed by atoms with Crippen molar-refractivity contribution in [2.45, 2.75) is 33.6 Å². The van der Waals surface area contributed by atoms with Crippen LogP contribution in [0.2, 0.25) is 0 Å². The van der Waals surface area contributed by atoms with E-state index in [4.69, 9.17) is 14.5 Å². The Kier molecular flexibility index (Phi) is 6.54. The largest absolute Gasteiger partial charge is 0.494 e. The van der Waals surface area contributed by atoms with Crippen molar-refractivity contribution in [3.63, 3.8) is 0 Å². The lowest BCUT2D eigenvalue weighted by Crippen LogP contribution is -2.28. The van der Waals surface area contributed by atoms with Crippen molar-refractivity contribution < 1.29 is 14.3 Å². The van der Waals surface area contributed by atoms with Crippen molar-refractivity contribution in [2.24, 2.45) is 0 Å². The maximum Gasteiger partial charge on any atom is 0.220 e. The van der Waals surface area contributed by atoms with Gasteiger partial charge in [-0.1, -0.05) is 12.1 Å². The van der Waals surface area contributed by atoms with Crippen LogP contribution in [-0.4, -0.2) is 40.3 Å². The van der Waals surface area contributed by atoms with Gasteiger partial charge < -0.3 is 14.8 Å². The Morgan fingerprint density at radius 2 is 1.75 bits per heavy atom. The average molecular weight is 433 g/mol. The Morgan fingerprint density at radius 3 is 2.50 bits per heavy atom. The summed E-state index contributed by atoms with van der Waals surface area (Å²) in [5.41, 5.74) is 4.80. The van der Waals surface area contributed by atoms with E-state index in [-0.39, 0.29) is 5.91 Å². The number of carbonyl (C=O) groups is 1. The number of rotatable bonds is 9. The number of hydrogen-bond donors (Lipinski definition) is 1. The Morgan fingerprint density at radius 1 is 1.03 bits per heavy atom.